The van der Waals surface area contributed by atoms with E-state index in [9.17, 15) is 4.79 Å². The number of esters is 1. The summed E-state index contributed by atoms with van der Waals surface area (Å²) in [4.78, 5) is 14.5. The average molecular weight is 188 g/mol. The van der Waals surface area contributed by atoms with E-state index in [1.54, 1.807) is 0 Å². The number of fused-ring (bicyclic) bond motifs is 1. The number of aromatic nitrogens is 1. The molecule has 0 saturated carbocycles. The third kappa shape index (κ3) is 1.18. The van der Waals surface area contributed by atoms with Crippen LogP contribution in [0, 0.1) is 6.92 Å². The highest BCUT2D eigenvalue weighted by atomic mass is 16.5. The first-order chi connectivity index (χ1) is 6.74. The maximum absolute atomic E-state index is 11.4. The molecular formula is C11H10NO2. The van der Waals surface area contributed by atoms with E-state index in [0.717, 1.165) is 10.9 Å². The fourth-order valence-corrected chi connectivity index (χ4v) is 1.53. The van der Waals surface area contributed by atoms with Crippen LogP contribution in [0.3, 0.4) is 0 Å². The minimum atomic E-state index is -0.354. The zero-order valence-electron chi connectivity index (χ0n) is 7.83. The van der Waals surface area contributed by atoms with Crippen molar-refractivity contribution in [2.45, 2.75) is 0 Å². The summed E-state index contributed by atoms with van der Waals surface area (Å²) in [6.45, 7) is 3.77. The van der Waals surface area contributed by atoms with E-state index in [1.807, 2.05) is 24.3 Å². The molecule has 0 spiro atoms. The number of benzene rings is 1. The molecule has 1 N–H and O–H groups in total. The number of ether oxygens (including phenoxy) is 1. The van der Waals surface area contributed by atoms with Crippen molar-refractivity contribution in [2.75, 3.05) is 7.11 Å². The van der Waals surface area contributed by atoms with Crippen molar-refractivity contribution in [3.63, 3.8) is 0 Å². The van der Waals surface area contributed by atoms with Crippen molar-refractivity contribution in [1.29, 1.82) is 0 Å². The Morgan fingerprint density at radius 3 is 2.86 bits per heavy atom. The van der Waals surface area contributed by atoms with Gasteiger partial charge in [0.15, 0.2) is 0 Å². The van der Waals surface area contributed by atoms with Gasteiger partial charge in [0.1, 0.15) is 0 Å². The maximum Gasteiger partial charge on any atom is 0.340 e. The minimum Gasteiger partial charge on any atom is -0.465 e. The molecule has 2 aromatic rings. The van der Waals surface area contributed by atoms with Crippen molar-refractivity contribution in [1.82, 2.24) is 4.98 Å². The fraction of sp³-hybridized carbons (Fsp3) is 0.0909. The summed E-state index contributed by atoms with van der Waals surface area (Å²) in [6.07, 6.45) is 0. The number of hydrogen-bond acceptors (Lipinski definition) is 2. The van der Waals surface area contributed by atoms with Crippen LogP contribution < -0.4 is 0 Å². The third-order valence-electron chi connectivity index (χ3n) is 2.17. The van der Waals surface area contributed by atoms with Gasteiger partial charge in [0, 0.05) is 16.6 Å². The Labute approximate surface area is 81.7 Å². The molecule has 0 fully saturated rings. The molecule has 71 valence electrons. The van der Waals surface area contributed by atoms with E-state index < -0.39 is 0 Å². The Kier molecular flexibility index (Phi) is 2.00. The van der Waals surface area contributed by atoms with Crippen LogP contribution in [0.1, 0.15) is 16.1 Å². The standard InChI is InChI=1S/C11H10NO2/c1-7-10(11(13)14-2)8-5-3-4-6-9(8)12-7/h3-6,12H,1H2,2H3. The van der Waals surface area contributed by atoms with Gasteiger partial charge in [-0.1, -0.05) is 18.2 Å². The van der Waals surface area contributed by atoms with Crippen molar-refractivity contribution >= 4 is 16.9 Å². The molecule has 0 aliphatic rings. The second kappa shape index (κ2) is 3.18. The summed E-state index contributed by atoms with van der Waals surface area (Å²) in [7, 11) is 1.36. The molecule has 14 heavy (non-hydrogen) atoms. The average Bonchev–Trinajstić information content (AvgIpc) is 2.53. The number of rotatable bonds is 1. The van der Waals surface area contributed by atoms with Gasteiger partial charge in [-0.05, 0) is 13.0 Å². The number of para-hydroxylation sites is 1. The first-order valence-electron chi connectivity index (χ1n) is 4.25. The Morgan fingerprint density at radius 2 is 2.14 bits per heavy atom. The normalized spacial score (nSPS) is 10.4. The van der Waals surface area contributed by atoms with E-state index in [-0.39, 0.29) is 5.97 Å². The van der Waals surface area contributed by atoms with Crippen LogP contribution >= 0.6 is 0 Å². The van der Waals surface area contributed by atoms with Crippen molar-refractivity contribution in [2.24, 2.45) is 0 Å². The summed E-state index contributed by atoms with van der Waals surface area (Å²) < 4.78 is 4.68. The molecule has 0 aliphatic carbocycles. The molecule has 0 atom stereocenters. The molecule has 0 unspecified atom stereocenters. The van der Waals surface area contributed by atoms with E-state index in [0.29, 0.717) is 11.3 Å². The quantitative estimate of drug-likeness (QED) is 0.696. The van der Waals surface area contributed by atoms with Crippen LogP contribution in [0.25, 0.3) is 10.9 Å². The van der Waals surface area contributed by atoms with E-state index in [1.165, 1.54) is 7.11 Å². The second-order valence-electron chi connectivity index (χ2n) is 3.02. The number of hydrogen-bond donors (Lipinski definition) is 1. The molecule has 2 rings (SSSR count). The minimum absolute atomic E-state index is 0.354. The first-order valence-corrected chi connectivity index (χ1v) is 4.25. The van der Waals surface area contributed by atoms with Crippen molar-refractivity contribution < 1.29 is 9.53 Å². The molecule has 1 aromatic carbocycles. The zero-order chi connectivity index (χ0) is 10.1. The van der Waals surface area contributed by atoms with Gasteiger partial charge in [-0.3, -0.25) is 0 Å². The smallest absolute Gasteiger partial charge is 0.340 e. The van der Waals surface area contributed by atoms with Crippen LogP contribution in [-0.2, 0) is 4.74 Å². The molecule has 1 radical (unpaired) electrons. The molecule has 3 nitrogen and oxygen atoms in total. The summed E-state index contributed by atoms with van der Waals surface area (Å²) in [5.41, 5.74) is 2.01. The third-order valence-corrected chi connectivity index (χ3v) is 2.17. The molecule has 0 aliphatic heterocycles. The summed E-state index contributed by atoms with van der Waals surface area (Å²) in [6, 6.07) is 7.55. The largest absolute Gasteiger partial charge is 0.465 e. The van der Waals surface area contributed by atoms with Gasteiger partial charge < -0.3 is 9.72 Å². The van der Waals surface area contributed by atoms with Gasteiger partial charge in [-0.2, -0.15) is 0 Å². The highest BCUT2D eigenvalue weighted by molar-refractivity contribution is 6.05. The SMILES string of the molecule is [CH2]c1[nH]c2ccccc2c1C(=O)OC. The van der Waals surface area contributed by atoms with Crippen LogP contribution in [-0.4, -0.2) is 18.1 Å². The summed E-state index contributed by atoms with van der Waals surface area (Å²) in [5.74, 6) is -0.354. The Hall–Kier alpha value is -1.77. The zero-order valence-corrected chi connectivity index (χ0v) is 7.83. The van der Waals surface area contributed by atoms with Gasteiger partial charge in [0.05, 0.1) is 12.7 Å². The number of carbonyl (C=O) groups is 1. The lowest BCUT2D eigenvalue weighted by atomic mass is 10.1. The molecule has 1 heterocycles. The van der Waals surface area contributed by atoms with E-state index >= 15 is 0 Å². The molecule has 3 heteroatoms. The lowest BCUT2D eigenvalue weighted by Gasteiger charge is -1.97. The predicted molar refractivity (Wildman–Crippen MR) is 54.1 cm³/mol. The summed E-state index contributed by atoms with van der Waals surface area (Å²) in [5, 5.41) is 0.851. The highest BCUT2D eigenvalue weighted by Crippen LogP contribution is 2.22. The van der Waals surface area contributed by atoms with Gasteiger partial charge in [-0.15, -0.1) is 0 Å². The van der Waals surface area contributed by atoms with E-state index in [2.05, 4.69) is 16.6 Å². The molecule has 0 saturated heterocycles. The van der Waals surface area contributed by atoms with Gasteiger partial charge in [0.25, 0.3) is 0 Å². The van der Waals surface area contributed by atoms with Crippen LogP contribution in [0.15, 0.2) is 24.3 Å². The van der Waals surface area contributed by atoms with Gasteiger partial charge >= 0.3 is 5.97 Å². The maximum atomic E-state index is 11.4. The van der Waals surface area contributed by atoms with Gasteiger partial charge in [0.2, 0.25) is 0 Å². The number of H-pyrrole nitrogens is 1. The Bertz CT molecular complexity index is 485. The van der Waals surface area contributed by atoms with Crippen LogP contribution in [0.2, 0.25) is 0 Å². The number of methoxy groups -OCH3 is 1. The fourth-order valence-electron chi connectivity index (χ4n) is 1.53. The highest BCUT2D eigenvalue weighted by Gasteiger charge is 2.15. The Morgan fingerprint density at radius 1 is 1.43 bits per heavy atom. The lowest BCUT2D eigenvalue weighted by molar-refractivity contribution is 0.0602. The molecule has 1 aromatic heterocycles. The number of carbonyl (C=O) groups excluding carboxylic acids is 1. The lowest BCUT2D eigenvalue weighted by Crippen LogP contribution is -2.01. The topological polar surface area (TPSA) is 42.1 Å². The van der Waals surface area contributed by atoms with Crippen LogP contribution in [0.5, 0.6) is 0 Å². The predicted octanol–water partition coefficient (Wildman–Crippen LogP) is 2.14. The van der Waals surface area contributed by atoms with Crippen molar-refractivity contribution in [3.8, 4) is 0 Å². The van der Waals surface area contributed by atoms with Gasteiger partial charge in [-0.25, -0.2) is 4.79 Å². The van der Waals surface area contributed by atoms with Crippen molar-refractivity contribution in [3.05, 3.63) is 42.4 Å². The monoisotopic (exact) mass is 188 g/mol. The Balaban J connectivity index is 2.74. The van der Waals surface area contributed by atoms with E-state index in [4.69, 9.17) is 0 Å². The van der Waals surface area contributed by atoms with Crippen LogP contribution in [0.4, 0.5) is 0 Å². The summed E-state index contributed by atoms with van der Waals surface area (Å²) >= 11 is 0. The first kappa shape index (κ1) is 8.81. The molecule has 0 amide bonds. The second-order valence-corrected chi connectivity index (χ2v) is 3.02. The number of aromatic amines is 1. The number of nitrogens with one attached hydrogen (secondary N) is 1. The molecule has 0 bridgehead atoms. The molecular weight excluding hydrogens is 178 g/mol.